The second-order valence-electron chi connectivity index (χ2n) is 7.33. The number of hydrogen-bond donors (Lipinski definition) is 4. The fourth-order valence-corrected chi connectivity index (χ4v) is 4.83. The van der Waals surface area contributed by atoms with E-state index in [0.29, 0.717) is 5.92 Å². The van der Waals surface area contributed by atoms with Crippen molar-refractivity contribution < 1.29 is 9.52 Å². The molecular formula is C21H26N6O2S. The first-order chi connectivity index (χ1) is 14.7. The summed E-state index contributed by atoms with van der Waals surface area (Å²) >= 11 is 1.65. The molecule has 3 aromatic rings. The van der Waals surface area contributed by atoms with Gasteiger partial charge in [0.05, 0.1) is 16.4 Å². The number of aliphatic imine (C=N–C) groups is 1. The van der Waals surface area contributed by atoms with Gasteiger partial charge in [-0.3, -0.25) is 0 Å². The molecule has 0 radical (unpaired) electrons. The van der Waals surface area contributed by atoms with E-state index >= 15 is 0 Å². The monoisotopic (exact) mass is 426 g/mol. The molecule has 0 amide bonds. The van der Waals surface area contributed by atoms with E-state index in [1.807, 2.05) is 18.2 Å². The maximum absolute atomic E-state index is 9.50. The van der Waals surface area contributed by atoms with E-state index in [-0.39, 0.29) is 24.6 Å². The first kappa shape index (κ1) is 20.4. The number of thiazole rings is 1. The van der Waals surface area contributed by atoms with E-state index in [9.17, 15) is 5.11 Å². The Morgan fingerprint density at radius 1 is 1.37 bits per heavy atom. The molecule has 2 atom stereocenters. The summed E-state index contributed by atoms with van der Waals surface area (Å²) in [7, 11) is 0. The predicted octanol–water partition coefficient (Wildman–Crippen LogP) is 3.35. The Balaban J connectivity index is 1.67. The lowest BCUT2D eigenvalue weighted by atomic mass is 10.1. The van der Waals surface area contributed by atoms with Crippen LogP contribution in [0.4, 0.5) is 6.01 Å². The van der Waals surface area contributed by atoms with Gasteiger partial charge in [-0.15, -0.1) is 11.3 Å². The lowest BCUT2D eigenvalue weighted by molar-refractivity contribution is 0.228. The Kier molecular flexibility index (Phi) is 6.29. The van der Waals surface area contributed by atoms with Crippen molar-refractivity contribution in [1.82, 2.24) is 20.6 Å². The maximum atomic E-state index is 9.50. The molecule has 9 heteroatoms. The standard InChI is InChI=1S/C21H26N6O2S/c1-2-15(19-25-16-5-3-4-6-17(16)30-19)18(24-14-8-7-13(11-14)12-28)26-20(22)27-21-23-9-10-29-21/h3-6,9-10,13-14,24,28H,2,7-8,11-12H2,1H3,(H3,22,23,26,27)/b18-15+/t13-,14?/m1/s1. The zero-order chi connectivity index (χ0) is 20.9. The van der Waals surface area contributed by atoms with Crippen molar-refractivity contribution in [2.45, 2.75) is 38.6 Å². The van der Waals surface area contributed by atoms with Gasteiger partial charge in [0, 0.05) is 18.2 Å². The van der Waals surface area contributed by atoms with Crippen molar-refractivity contribution in [2.24, 2.45) is 16.6 Å². The van der Waals surface area contributed by atoms with E-state index in [1.165, 1.54) is 12.5 Å². The van der Waals surface area contributed by atoms with Gasteiger partial charge in [0.1, 0.15) is 17.1 Å². The van der Waals surface area contributed by atoms with Crippen LogP contribution in [0.2, 0.25) is 0 Å². The molecule has 0 aliphatic heterocycles. The molecule has 2 heterocycles. The van der Waals surface area contributed by atoms with Crippen molar-refractivity contribution in [3.05, 3.63) is 47.6 Å². The molecule has 0 saturated heterocycles. The van der Waals surface area contributed by atoms with Crippen LogP contribution in [0, 0.1) is 5.92 Å². The number of aliphatic hydroxyl groups excluding tert-OH is 1. The molecule has 1 fully saturated rings. The summed E-state index contributed by atoms with van der Waals surface area (Å²) in [6, 6.07) is 8.54. The Bertz CT molecular complexity index is 1010. The number of fused-ring (bicyclic) bond motifs is 1. The van der Waals surface area contributed by atoms with Gasteiger partial charge in [-0.2, -0.15) is 4.99 Å². The molecule has 1 saturated carbocycles. The number of aromatic nitrogens is 2. The first-order valence-electron chi connectivity index (χ1n) is 10.1. The summed E-state index contributed by atoms with van der Waals surface area (Å²) in [5, 5.41) is 17.2. The number of allylic oxidation sites excluding steroid dienone is 1. The molecule has 1 aliphatic rings. The van der Waals surface area contributed by atoms with Crippen molar-refractivity contribution in [3.63, 3.8) is 0 Å². The SMILES string of the molecule is CC/C(=C(\N/C(N)=N/c1ncco1)NC1CC[C@@H](CO)C1)c1nc2ccccc2s1. The lowest BCUT2D eigenvalue weighted by Crippen LogP contribution is -2.40. The normalized spacial score (nSPS) is 20.4. The minimum atomic E-state index is 0.184. The number of hydrogen-bond acceptors (Lipinski definition) is 7. The second-order valence-corrected chi connectivity index (χ2v) is 8.36. The smallest absolute Gasteiger partial charge is 0.324 e. The van der Waals surface area contributed by atoms with Crippen molar-refractivity contribution >= 4 is 39.1 Å². The summed E-state index contributed by atoms with van der Waals surface area (Å²) < 4.78 is 6.31. The number of guanidine groups is 1. The number of aliphatic hydroxyl groups is 1. The minimum Gasteiger partial charge on any atom is -0.431 e. The van der Waals surface area contributed by atoms with Gasteiger partial charge >= 0.3 is 6.01 Å². The summed E-state index contributed by atoms with van der Waals surface area (Å²) in [6.07, 6.45) is 6.64. The molecule has 8 nitrogen and oxygen atoms in total. The van der Waals surface area contributed by atoms with E-state index in [2.05, 4.69) is 33.6 Å². The summed E-state index contributed by atoms with van der Waals surface area (Å²) in [5.74, 6) is 1.30. The van der Waals surface area contributed by atoms with Gasteiger partial charge in [0.25, 0.3) is 0 Å². The van der Waals surface area contributed by atoms with Crippen LogP contribution in [-0.2, 0) is 0 Å². The number of rotatable bonds is 7. The topological polar surface area (TPSA) is 122 Å². The van der Waals surface area contributed by atoms with Crippen molar-refractivity contribution in [3.8, 4) is 0 Å². The van der Waals surface area contributed by atoms with Crippen LogP contribution in [0.15, 0.2) is 52.0 Å². The van der Waals surface area contributed by atoms with Crippen LogP contribution in [0.3, 0.4) is 0 Å². The van der Waals surface area contributed by atoms with Gasteiger partial charge < -0.3 is 25.9 Å². The molecule has 2 aromatic heterocycles. The molecule has 1 unspecified atom stereocenters. The molecule has 0 bridgehead atoms. The van der Waals surface area contributed by atoms with Gasteiger partial charge in [-0.1, -0.05) is 19.1 Å². The van der Waals surface area contributed by atoms with E-state index in [4.69, 9.17) is 15.1 Å². The Morgan fingerprint density at radius 3 is 2.93 bits per heavy atom. The fourth-order valence-electron chi connectivity index (χ4n) is 3.74. The zero-order valence-electron chi connectivity index (χ0n) is 16.8. The van der Waals surface area contributed by atoms with Crippen LogP contribution >= 0.6 is 11.3 Å². The quantitative estimate of drug-likeness (QED) is 0.338. The maximum Gasteiger partial charge on any atom is 0.324 e. The van der Waals surface area contributed by atoms with Crippen molar-refractivity contribution in [2.75, 3.05) is 6.61 Å². The summed E-state index contributed by atoms with van der Waals surface area (Å²) in [5.41, 5.74) is 8.16. The first-order valence-corrected chi connectivity index (χ1v) is 10.9. The predicted molar refractivity (Wildman–Crippen MR) is 119 cm³/mol. The average Bonchev–Trinajstić information content (AvgIpc) is 3.49. The average molecular weight is 427 g/mol. The third kappa shape index (κ3) is 4.63. The van der Waals surface area contributed by atoms with E-state index in [0.717, 1.165) is 52.3 Å². The fraction of sp³-hybridized carbons (Fsp3) is 0.381. The number of oxazole rings is 1. The molecule has 1 aliphatic carbocycles. The largest absolute Gasteiger partial charge is 0.431 e. The molecule has 0 spiro atoms. The Hall–Kier alpha value is -2.91. The summed E-state index contributed by atoms with van der Waals surface area (Å²) in [4.78, 5) is 13.0. The van der Waals surface area contributed by atoms with E-state index < -0.39 is 0 Å². The van der Waals surface area contributed by atoms with Crippen LogP contribution < -0.4 is 16.4 Å². The van der Waals surface area contributed by atoms with Crippen LogP contribution in [-0.4, -0.2) is 33.7 Å². The van der Waals surface area contributed by atoms with Crippen LogP contribution in [0.1, 0.15) is 37.6 Å². The van der Waals surface area contributed by atoms with Crippen LogP contribution in [0.5, 0.6) is 0 Å². The highest BCUT2D eigenvalue weighted by Gasteiger charge is 2.26. The number of nitrogens with two attached hydrogens (primary N) is 1. The number of nitrogens with one attached hydrogen (secondary N) is 2. The second kappa shape index (κ2) is 9.27. The molecule has 4 rings (SSSR count). The Labute approximate surface area is 178 Å². The van der Waals surface area contributed by atoms with E-state index in [1.54, 1.807) is 11.3 Å². The van der Waals surface area contributed by atoms with Gasteiger partial charge in [-0.05, 0) is 43.7 Å². The minimum absolute atomic E-state index is 0.184. The Morgan fingerprint density at radius 2 is 2.23 bits per heavy atom. The molecular weight excluding hydrogens is 400 g/mol. The molecule has 1 aromatic carbocycles. The third-order valence-corrected chi connectivity index (χ3v) is 6.34. The molecule has 30 heavy (non-hydrogen) atoms. The number of para-hydroxylation sites is 1. The highest BCUT2D eigenvalue weighted by Crippen LogP contribution is 2.31. The van der Waals surface area contributed by atoms with Gasteiger partial charge in [-0.25, -0.2) is 9.97 Å². The molecule has 5 N–H and O–H groups in total. The highest BCUT2D eigenvalue weighted by atomic mass is 32.1. The molecule has 158 valence electrons. The highest BCUT2D eigenvalue weighted by molar-refractivity contribution is 7.19. The van der Waals surface area contributed by atoms with Crippen molar-refractivity contribution in [1.29, 1.82) is 0 Å². The third-order valence-electron chi connectivity index (χ3n) is 5.24. The lowest BCUT2D eigenvalue weighted by Gasteiger charge is -2.21. The number of benzene rings is 1. The van der Waals surface area contributed by atoms with Gasteiger partial charge in [0.15, 0.2) is 0 Å². The zero-order valence-corrected chi connectivity index (χ0v) is 17.7. The van der Waals surface area contributed by atoms with Crippen LogP contribution in [0.25, 0.3) is 15.8 Å². The van der Waals surface area contributed by atoms with Gasteiger partial charge in [0.2, 0.25) is 5.96 Å². The summed E-state index contributed by atoms with van der Waals surface area (Å²) in [6.45, 7) is 2.31. The number of nitrogens with zero attached hydrogens (tertiary/aromatic N) is 3.